The molecule has 1 heterocycles. The van der Waals surface area contributed by atoms with E-state index >= 15 is 0 Å². The molecule has 0 aromatic heterocycles. The van der Waals surface area contributed by atoms with Crippen LogP contribution in [-0.4, -0.2) is 37.0 Å². The van der Waals surface area contributed by atoms with E-state index in [9.17, 15) is 9.18 Å². The topological polar surface area (TPSA) is 29.5 Å². The number of hydrogen-bond acceptors (Lipinski definition) is 3. The first-order chi connectivity index (χ1) is 10.7. The highest BCUT2D eigenvalue weighted by Gasteiger charge is 2.12. The lowest BCUT2D eigenvalue weighted by Crippen LogP contribution is -2.35. The Hall–Kier alpha value is -2.04. The zero-order valence-electron chi connectivity index (χ0n) is 12.3. The predicted octanol–water partition coefficient (Wildman–Crippen LogP) is 2.89. The summed E-state index contributed by atoms with van der Waals surface area (Å²) in [7, 11) is 0. The Kier molecular flexibility index (Phi) is 4.61. The monoisotopic (exact) mass is 299 g/mol. The van der Waals surface area contributed by atoms with E-state index in [4.69, 9.17) is 4.74 Å². The first-order valence-corrected chi connectivity index (χ1v) is 7.42. The van der Waals surface area contributed by atoms with Crippen molar-refractivity contribution in [2.75, 3.05) is 26.3 Å². The molecule has 22 heavy (non-hydrogen) atoms. The van der Waals surface area contributed by atoms with E-state index in [1.165, 1.54) is 12.1 Å². The van der Waals surface area contributed by atoms with Crippen LogP contribution >= 0.6 is 0 Å². The molecular weight excluding hydrogens is 281 g/mol. The molecule has 0 bridgehead atoms. The van der Waals surface area contributed by atoms with Gasteiger partial charge in [0.25, 0.3) is 0 Å². The second-order valence-corrected chi connectivity index (χ2v) is 5.42. The minimum absolute atomic E-state index is 0.155. The smallest absolute Gasteiger partial charge is 0.193 e. The van der Waals surface area contributed by atoms with Gasteiger partial charge in [-0.05, 0) is 17.7 Å². The van der Waals surface area contributed by atoms with Gasteiger partial charge in [0.05, 0.1) is 13.2 Å². The van der Waals surface area contributed by atoms with Gasteiger partial charge in [0.2, 0.25) is 0 Å². The van der Waals surface area contributed by atoms with Crippen LogP contribution < -0.4 is 0 Å². The lowest BCUT2D eigenvalue weighted by molar-refractivity contribution is 0.0342. The number of ether oxygens (including phenoxy) is 1. The van der Waals surface area contributed by atoms with Crippen molar-refractivity contribution in [3.8, 4) is 0 Å². The first kappa shape index (κ1) is 14.9. The standard InChI is InChI=1S/C18H18FNO2/c19-17-3-1-2-16(12-17)18(21)15-6-4-14(5-7-15)13-20-8-10-22-11-9-20/h1-7,12H,8-11,13H2. The Morgan fingerprint density at radius 2 is 1.77 bits per heavy atom. The molecule has 3 rings (SSSR count). The van der Waals surface area contributed by atoms with Gasteiger partial charge < -0.3 is 4.74 Å². The highest BCUT2D eigenvalue weighted by atomic mass is 19.1. The molecule has 0 amide bonds. The van der Waals surface area contributed by atoms with E-state index < -0.39 is 5.82 Å². The second-order valence-electron chi connectivity index (χ2n) is 5.42. The van der Waals surface area contributed by atoms with Crippen LogP contribution in [0.5, 0.6) is 0 Å². The average molecular weight is 299 g/mol. The molecule has 114 valence electrons. The second kappa shape index (κ2) is 6.81. The summed E-state index contributed by atoms with van der Waals surface area (Å²) in [6.07, 6.45) is 0. The molecule has 0 atom stereocenters. The van der Waals surface area contributed by atoms with Crippen molar-refractivity contribution in [1.82, 2.24) is 4.90 Å². The molecule has 0 unspecified atom stereocenters. The summed E-state index contributed by atoms with van der Waals surface area (Å²) in [4.78, 5) is 14.6. The minimum atomic E-state index is -0.394. The summed E-state index contributed by atoms with van der Waals surface area (Å²) in [5.41, 5.74) is 2.12. The fourth-order valence-electron chi connectivity index (χ4n) is 2.58. The number of carbonyl (C=O) groups excluding carboxylic acids is 1. The molecule has 1 aliphatic heterocycles. The normalized spacial score (nSPS) is 15.7. The van der Waals surface area contributed by atoms with E-state index in [-0.39, 0.29) is 5.78 Å². The van der Waals surface area contributed by atoms with Crippen molar-refractivity contribution in [3.63, 3.8) is 0 Å². The van der Waals surface area contributed by atoms with Gasteiger partial charge in [0.15, 0.2) is 5.78 Å². The molecule has 3 nitrogen and oxygen atoms in total. The minimum Gasteiger partial charge on any atom is -0.379 e. The van der Waals surface area contributed by atoms with Gasteiger partial charge in [0.1, 0.15) is 5.82 Å². The number of rotatable bonds is 4. The van der Waals surface area contributed by atoms with Crippen LogP contribution in [0.4, 0.5) is 4.39 Å². The predicted molar refractivity (Wildman–Crippen MR) is 82.4 cm³/mol. The van der Waals surface area contributed by atoms with E-state index in [0.29, 0.717) is 11.1 Å². The van der Waals surface area contributed by atoms with E-state index in [0.717, 1.165) is 38.4 Å². The van der Waals surface area contributed by atoms with Gasteiger partial charge >= 0.3 is 0 Å². The Labute approximate surface area is 129 Å². The maximum atomic E-state index is 13.2. The fraction of sp³-hybridized carbons (Fsp3) is 0.278. The van der Waals surface area contributed by atoms with Gasteiger partial charge in [-0.25, -0.2) is 4.39 Å². The van der Waals surface area contributed by atoms with Crippen molar-refractivity contribution in [3.05, 3.63) is 71.0 Å². The molecule has 1 fully saturated rings. The van der Waals surface area contributed by atoms with Gasteiger partial charge in [-0.3, -0.25) is 9.69 Å². The zero-order valence-corrected chi connectivity index (χ0v) is 12.3. The number of nitrogens with zero attached hydrogens (tertiary/aromatic N) is 1. The number of benzene rings is 2. The third-order valence-electron chi connectivity index (χ3n) is 3.81. The molecule has 4 heteroatoms. The third kappa shape index (κ3) is 3.59. The first-order valence-electron chi connectivity index (χ1n) is 7.42. The van der Waals surface area contributed by atoms with Crippen LogP contribution in [0.1, 0.15) is 21.5 Å². The maximum absolute atomic E-state index is 13.2. The summed E-state index contributed by atoms with van der Waals surface area (Å²) in [6, 6.07) is 13.3. The van der Waals surface area contributed by atoms with Crippen LogP contribution in [0.15, 0.2) is 48.5 Å². The van der Waals surface area contributed by atoms with Crippen LogP contribution in [0.2, 0.25) is 0 Å². The largest absolute Gasteiger partial charge is 0.379 e. The zero-order chi connectivity index (χ0) is 15.4. The van der Waals surface area contributed by atoms with Gasteiger partial charge in [0, 0.05) is 30.8 Å². The molecule has 0 saturated carbocycles. The molecule has 0 N–H and O–H groups in total. The fourth-order valence-corrected chi connectivity index (χ4v) is 2.58. The van der Waals surface area contributed by atoms with Crippen molar-refractivity contribution in [2.45, 2.75) is 6.54 Å². The Bertz CT molecular complexity index is 648. The number of halogens is 1. The van der Waals surface area contributed by atoms with Gasteiger partial charge in [-0.2, -0.15) is 0 Å². The molecule has 2 aromatic rings. The Morgan fingerprint density at radius 3 is 2.45 bits per heavy atom. The van der Waals surface area contributed by atoms with Crippen molar-refractivity contribution in [1.29, 1.82) is 0 Å². The highest BCUT2D eigenvalue weighted by Crippen LogP contribution is 2.14. The number of morpholine rings is 1. The number of carbonyl (C=O) groups is 1. The molecule has 2 aromatic carbocycles. The molecular formula is C18H18FNO2. The summed E-state index contributed by atoms with van der Waals surface area (Å²) in [5, 5.41) is 0. The SMILES string of the molecule is O=C(c1ccc(CN2CCOCC2)cc1)c1cccc(F)c1. The van der Waals surface area contributed by atoms with Crippen molar-refractivity contribution < 1.29 is 13.9 Å². The molecule has 1 saturated heterocycles. The summed E-state index contributed by atoms with van der Waals surface area (Å²) >= 11 is 0. The van der Waals surface area contributed by atoms with E-state index in [1.54, 1.807) is 12.1 Å². The summed E-state index contributed by atoms with van der Waals surface area (Å²) in [5.74, 6) is -0.549. The summed E-state index contributed by atoms with van der Waals surface area (Å²) < 4.78 is 18.5. The van der Waals surface area contributed by atoms with Gasteiger partial charge in [-0.15, -0.1) is 0 Å². The van der Waals surface area contributed by atoms with E-state index in [1.807, 2.05) is 24.3 Å². The van der Waals surface area contributed by atoms with Crippen molar-refractivity contribution in [2.24, 2.45) is 0 Å². The molecule has 0 spiro atoms. The average Bonchev–Trinajstić information content (AvgIpc) is 2.56. The lowest BCUT2D eigenvalue weighted by atomic mass is 10.0. The molecule has 1 aliphatic rings. The van der Waals surface area contributed by atoms with Crippen LogP contribution in [0, 0.1) is 5.82 Å². The van der Waals surface area contributed by atoms with Crippen LogP contribution in [0.3, 0.4) is 0 Å². The quantitative estimate of drug-likeness (QED) is 0.813. The number of hydrogen-bond donors (Lipinski definition) is 0. The van der Waals surface area contributed by atoms with E-state index in [2.05, 4.69) is 4.90 Å². The maximum Gasteiger partial charge on any atom is 0.193 e. The van der Waals surface area contributed by atoms with Gasteiger partial charge in [-0.1, -0.05) is 36.4 Å². The Balaban J connectivity index is 1.69. The van der Waals surface area contributed by atoms with Crippen LogP contribution in [-0.2, 0) is 11.3 Å². The lowest BCUT2D eigenvalue weighted by Gasteiger charge is -2.26. The summed E-state index contributed by atoms with van der Waals surface area (Å²) in [6.45, 7) is 4.28. The molecule has 0 radical (unpaired) electrons. The highest BCUT2D eigenvalue weighted by molar-refractivity contribution is 6.08. The molecule has 0 aliphatic carbocycles. The number of ketones is 1. The third-order valence-corrected chi connectivity index (χ3v) is 3.81. The Morgan fingerprint density at radius 1 is 1.05 bits per heavy atom. The van der Waals surface area contributed by atoms with Crippen molar-refractivity contribution >= 4 is 5.78 Å². The van der Waals surface area contributed by atoms with Crippen LogP contribution in [0.25, 0.3) is 0 Å².